The number of piperidine rings is 1. The minimum atomic E-state index is -1.17. The Morgan fingerprint density at radius 3 is 2.33 bits per heavy atom. The molecule has 2 heterocycles. The monoisotopic (exact) mass is 290 g/mol. The highest BCUT2D eigenvalue weighted by Gasteiger charge is 2.50. The van der Waals surface area contributed by atoms with Gasteiger partial charge in [0.25, 0.3) is 0 Å². The van der Waals surface area contributed by atoms with E-state index in [1.807, 2.05) is 18.2 Å². The number of aliphatic hydroxyl groups excluding tert-OH is 1. The van der Waals surface area contributed by atoms with Crippen molar-refractivity contribution in [2.24, 2.45) is 0 Å². The minimum Gasteiger partial charge on any atom is -0.460 e. The highest BCUT2D eigenvalue weighted by molar-refractivity contribution is 5.76. The molecule has 4 atom stereocenters. The van der Waals surface area contributed by atoms with Crippen LogP contribution in [0.5, 0.6) is 0 Å². The van der Waals surface area contributed by atoms with Gasteiger partial charge in [0.15, 0.2) is 6.10 Å². The first-order chi connectivity index (χ1) is 9.98. The quantitative estimate of drug-likeness (QED) is 0.684. The molecular weight excluding hydrogens is 266 g/mol. The summed E-state index contributed by atoms with van der Waals surface area (Å²) in [5.41, 5.74) is 0.595. The van der Waals surface area contributed by atoms with Crippen molar-refractivity contribution in [1.82, 2.24) is 0 Å². The van der Waals surface area contributed by atoms with Gasteiger partial charge < -0.3 is 14.3 Å². The largest absolute Gasteiger partial charge is 0.460 e. The van der Waals surface area contributed by atoms with Gasteiger partial charge in [0.1, 0.15) is 6.10 Å². The Balaban J connectivity index is 1.62. The van der Waals surface area contributed by atoms with E-state index in [1.165, 1.54) is 12.8 Å². The molecule has 4 nitrogen and oxygen atoms in total. The number of fused-ring (bicyclic) bond motifs is 2. The Hall–Kier alpha value is -1.39. The Bertz CT molecular complexity index is 498. The number of carbonyl (C=O) groups excluding carboxylic acids is 1. The molecule has 2 fully saturated rings. The molecule has 2 aliphatic heterocycles. The van der Waals surface area contributed by atoms with E-state index in [1.54, 1.807) is 12.1 Å². The molecule has 1 unspecified atom stereocenters. The SMILES string of the molecule is C[N+]1(C)[C@@H]2CC[C@H]1C[C@@H](OC(=O)C(O)c1ccccc1)C2. The van der Waals surface area contributed by atoms with Gasteiger partial charge in [-0.15, -0.1) is 0 Å². The summed E-state index contributed by atoms with van der Waals surface area (Å²) in [6.07, 6.45) is 3.04. The number of ether oxygens (including phenoxy) is 1. The van der Waals surface area contributed by atoms with E-state index in [4.69, 9.17) is 4.74 Å². The van der Waals surface area contributed by atoms with Gasteiger partial charge in [-0.25, -0.2) is 4.79 Å². The third-order valence-corrected chi connectivity index (χ3v) is 5.41. The first-order valence-corrected chi connectivity index (χ1v) is 7.75. The molecule has 1 N–H and O–H groups in total. The zero-order chi connectivity index (χ0) is 15.0. The highest BCUT2D eigenvalue weighted by Crippen LogP contribution is 2.40. The number of esters is 1. The molecule has 1 aromatic carbocycles. The van der Waals surface area contributed by atoms with E-state index in [0.717, 1.165) is 17.3 Å². The Kier molecular flexibility index (Phi) is 3.76. The van der Waals surface area contributed by atoms with Crippen LogP contribution >= 0.6 is 0 Å². The van der Waals surface area contributed by atoms with Crippen LogP contribution in [0.15, 0.2) is 30.3 Å². The lowest BCUT2D eigenvalue weighted by molar-refractivity contribution is -0.931. The Morgan fingerprint density at radius 2 is 1.76 bits per heavy atom. The fraction of sp³-hybridized carbons (Fsp3) is 0.588. The number of benzene rings is 1. The number of hydrogen-bond acceptors (Lipinski definition) is 3. The van der Waals surface area contributed by atoms with Crippen LogP contribution in [0.2, 0.25) is 0 Å². The fourth-order valence-corrected chi connectivity index (χ4v) is 3.93. The average molecular weight is 290 g/mol. The molecule has 4 heteroatoms. The van der Waals surface area contributed by atoms with Crippen LogP contribution in [0, 0.1) is 0 Å². The van der Waals surface area contributed by atoms with Crippen molar-refractivity contribution in [3.63, 3.8) is 0 Å². The predicted molar refractivity (Wildman–Crippen MR) is 79.4 cm³/mol. The summed E-state index contributed by atoms with van der Waals surface area (Å²) in [4.78, 5) is 12.1. The Labute approximate surface area is 125 Å². The molecule has 0 spiro atoms. The second-order valence-electron chi connectivity index (χ2n) is 6.86. The number of aliphatic hydroxyl groups is 1. The molecule has 1 aromatic rings. The molecule has 0 saturated carbocycles. The molecule has 2 saturated heterocycles. The molecule has 0 amide bonds. The number of quaternary nitrogens is 1. The summed E-state index contributed by atoms with van der Waals surface area (Å²) in [7, 11) is 4.55. The van der Waals surface area contributed by atoms with Gasteiger partial charge in [0, 0.05) is 25.7 Å². The molecule has 2 bridgehead atoms. The van der Waals surface area contributed by atoms with Gasteiger partial charge >= 0.3 is 5.97 Å². The number of hydrogen-bond donors (Lipinski definition) is 1. The van der Waals surface area contributed by atoms with Crippen molar-refractivity contribution in [3.05, 3.63) is 35.9 Å². The molecule has 2 aliphatic rings. The zero-order valence-electron chi connectivity index (χ0n) is 12.7. The lowest BCUT2D eigenvalue weighted by Crippen LogP contribution is -2.56. The van der Waals surface area contributed by atoms with Gasteiger partial charge in [-0.2, -0.15) is 0 Å². The van der Waals surface area contributed by atoms with Crippen molar-refractivity contribution in [2.75, 3.05) is 14.1 Å². The molecule has 3 rings (SSSR count). The maximum Gasteiger partial charge on any atom is 0.339 e. The summed E-state index contributed by atoms with van der Waals surface area (Å²) in [5, 5.41) is 10.1. The van der Waals surface area contributed by atoms with Crippen molar-refractivity contribution in [3.8, 4) is 0 Å². The first kappa shape index (κ1) is 14.5. The topological polar surface area (TPSA) is 46.5 Å². The van der Waals surface area contributed by atoms with Crippen LogP contribution in [-0.4, -0.2) is 47.8 Å². The maximum absolute atomic E-state index is 12.1. The second-order valence-corrected chi connectivity index (χ2v) is 6.86. The predicted octanol–water partition coefficient (Wildman–Crippen LogP) is 2.03. The number of rotatable bonds is 3. The molecule has 114 valence electrons. The minimum absolute atomic E-state index is 0.0421. The van der Waals surface area contributed by atoms with Crippen LogP contribution in [0.25, 0.3) is 0 Å². The molecule has 0 radical (unpaired) electrons. The average Bonchev–Trinajstić information content (AvgIpc) is 2.67. The van der Waals surface area contributed by atoms with Crippen molar-refractivity contribution in [2.45, 2.75) is 50.0 Å². The fourth-order valence-electron chi connectivity index (χ4n) is 3.93. The highest BCUT2D eigenvalue weighted by atomic mass is 16.6. The van der Waals surface area contributed by atoms with E-state index in [-0.39, 0.29) is 6.10 Å². The first-order valence-electron chi connectivity index (χ1n) is 7.75. The maximum atomic E-state index is 12.1. The number of nitrogens with zero attached hydrogens (tertiary/aromatic N) is 1. The van der Waals surface area contributed by atoms with Crippen molar-refractivity contribution >= 4 is 5.97 Å². The van der Waals surface area contributed by atoms with Gasteiger partial charge in [-0.3, -0.25) is 0 Å². The molecular formula is C17H24NO3+. The second kappa shape index (κ2) is 5.43. The zero-order valence-corrected chi connectivity index (χ0v) is 12.7. The van der Waals surface area contributed by atoms with Gasteiger partial charge in [-0.1, -0.05) is 30.3 Å². The third kappa shape index (κ3) is 2.70. The van der Waals surface area contributed by atoms with Crippen molar-refractivity contribution in [1.29, 1.82) is 0 Å². The van der Waals surface area contributed by atoms with E-state index in [9.17, 15) is 9.90 Å². The molecule has 0 aromatic heterocycles. The van der Waals surface area contributed by atoms with E-state index >= 15 is 0 Å². The van der Waals surface area contributed by atoms with Crippen molar-refractivity contribution < 1.29 is 19.1 Å². The van der Waals surface area contributed by atoms with Crippen LogP contribution in [0.1, 0.15) is 37.4 Å². The van der Waals surface area contributed by atoms with E-state index in [0.29, 0.717) is 17.6 Å². The standard InChI is InChI=1S/C17H24NO3/c1-18(2)13-8-9-14(18)11-15(10-13)21-17(20)16(19)12-6-4-3-5-7-12/h3-7,13-16,19H,8-11H2,1-2H3/q+1/t13-,14+,15+,16?. The summed E-state index contributed by atoms with van der Waals surface area (Å²) < 4.78 is 6.63. The summed E-state index contributed by atoms with van der Waals surface area (Å²) in [6, 6.07) is 10.1. The van der Waals surface area contributed by atoms with E-state index in [2.05, 4.69) is 14.1 Å². The smallest absolute Gasteiger partial charge is 0.339 e. The van der Waals surface area contributed by atoms with Crippen LogP contribution in [0.4, 0.5) is 0 Å². The Morgan fingerprint density at radius 1 is 1.19 bits per heavy atom. The van der Waals surface area contributed by atoms with Gasteiger partial charge in [-0.05, 0) is 5.56 Å². The third-order valence-electron chi connectivity index (χ3n) is 5.41. The molecule has 0 aliphatic carbocycles. The lowest BCUT2D eigenvalue weighted by Gasteiger charge is -2.43. The van der Waals surface area contributed by atoms with Crippen LogP contribution in [0.3, 0.4) is 0 Å². The summed E-state index contributed by atoms with van der Waals surface area (Å²) in [6.45, 7) is 0. The molecule has 21 heavy (non-hydrogen) atoms. The number of carbonyl (C=O) groups is 1. The lowest BCUT2D eigenvalue weighted by atomic mass is 9.97. The summed E-state index contributed by atoms with van der Waals surface area (Å²) >= 11 is 0. The van der Waals surface area contributed by atoms with E-state index < -0.39 is 12.1 Å². The normalized spacial score (nSPS) is 31.7. The van der Waals surface area contributed by atoms with Gasteiger partial charge in [0.05, 0.1) is 26.2 Å². The van der Waals surface area contributed by atoms with Crippen LogP contribution in [-0.2, 0) is 9.53 Å². The van der Waals surface area contributed by atoms with Gasteiger partial charge in [0.2, 0.25) is 0 Å². The summed E-state index contributed by atoms with van der Waals surface area (Å²) in [5.74, 6) is -0.516. The van der Waals surface area contributed by atoms with Crippen LogP contribution < -0.4 is 0 Å².